The van der Waals surface area contributed by atoms with Crippen LogP contribution >= 0.6 is 11.8 Å². The molecule has 0 saturated carbocycles. The first-order valence-corrected chi connectivity index (χ1v) is 10.5. The number of benzene rings is 1. The van der Waals surface area contributed by atoms with Gasteiger partial charge in [0.1, 0.15) is 11.3 Å². The molecule has 0 bridgehead atoms. The Kier molecular flexibility index (Phi) is 5.48. The molecule has 1 N–H and O–H groups in total. The zero-order valence-electron chi connectivity index (χ0n) is 16.5. The average Bonchev–Trinajstić information content (AvgIpc) is 3.27. The highest BCUT2D eigenvalue weighted by Gasteiger charge is 2.22. The van der Waals surface area contributed by atoms with Crippen molar-refractivity contribution in [1.82, 2.24) is 24.9 Å². The lowest BCUT2D eigenvalue weighted by Crippen LogP contribution is -2.25. The molecule has 0 spiro atoms. The van der Waals surface area contributed by atoms with E-state index in [-0.39, 0.29) is 11.2 Å². The van der Waals surface area contributed by atoms with Gasteiger partial charge in [-0.05, 0) is 25.8 Å². The van der Waals surface area contributed by atoms with E-state index in [0.29, 0.717) is 23.2 Å². The number of rotatable bonds is 7. The van der Waals surface area contributed by atoms with Gasteiger partial charge in [0, 0.05) is 18.0 Å². The van der Waals surface area contributed by atoms with Crippen molar-refractivity contribution in [1.29, 1.82) is 0 Å². The van der Waals surface area contributed by atoms with Crippen LogP contribution in [0, 0.1) is 6.92 Å². The van der Waals surface area contributed by atoms with Crippen LogP contribution in [0.2, 0.25) is 0 Å². The fraction of sp³-hybridized carbons (Fsp3) is 0.350. The third-order valence-electron chi connectivity index (χ3n) is 4.59. The van der Waals surface area contributed by atoms with Crippen molar-refractivity contribution >= 4 is 45.6 Å². The van der Waals surface area contributed by atoms with Crippen molar-refractivity contribution in [2.45, 2.75) is 50.6 Å². The standard InChI is InChI=1S/C20H22N6O2S/c1-4-10-26-14-9-7-6-8-13(14)17-18(26)22-20(24-23-17)29-15(5-2)19(27)21-16-11-12(3)28-25-16/h6-9,11,15H,4-5,10H2,1-3H3,(H,21,25,27)/t15-/m0/s1. The van der Waals surface area contributed by atoms with Gasteiger partial charge in [-0.25, -0.2) is 4.98 Å². The topological polar surface area (TPSA) is 98.7 Å². The van der Waals surface area contributed by atoms with Gasteiger partial charge < -0.3 is 14.4 Å². The summed E-state index contributed by atoms with van der Waals surface area (Å²) in [5.41, 5.74) is 2.68. The number of nitrogens with zero attached hydrogens (tertiary/aromatic N) is 5. The molecule has 0 aliphatic heterocycles. The largest absolute Gasteiger partial charge is 0.360 e. The number of carbonyl (C=O) groups is 1. The molecule has 3 aromatic heterocycles. The first-order valence-electron chi connectivity index (χ1n) is 9.63. The maximum atomic E-state index is 12.6. The zero-order chi connectivity index (χ0) is 20.4. The number of hydrogen-bond donors (Lipinski definition) is 1. The van der Waals surface area contributed by atoms with E-state index in [9.17, 15) is 4.79 Å². The fourth-order valence-corrected chi connectivity index (χ4v) is 4.08. The van der Waals surface area contributed by atoms with E-state index in [2.05, 4.69) is 38.2 Å². The Labute approximate surface area is 172 Å². The van der Waals surface area contributed by atoms with Crippen LogP contribution in [-0.4, -0.2) is 36.1 Å². The van der Waals surface area contributed by atoms with Crippen molar-refractivity contribution in [3.05, 3.63) is 36.1 Å². The van der Waals surface area contributed by atoms with Gasteiger partial charge in [0.25, 0.3) is 0 Å². The lowest BCUT2D eigenvalue weighted by molar-refractivity contribution is -0.115. The van der Waals surface area contributed by atoms with Gasteiger partial charge >= 0.3 is 0 Å². The molecule has 0 aliphatic rings. The van der Waals surface area contributed by atoms with Gasteiger partial charge in [0.15, 0.2) is 11.5 Å². The number of nitrogens with one attached hydrogen (secondary N) is 1. The third kappa shape index (κ3) is 3.82. The molecule has 150 valence electrons. The number of anilines is 1. The first-order chi connectivity index (χ1) is 14.1. The summed E-state index contributed by atoms with van der Waals surface area (Å²) in [6.07, 6.45) is 1.60. The van der Waals surface area contributed by atoms with Crippen molar-refractivity contribution in [3.8, 4) is 0 Å². The summed E-state index contributed by atoms with van der Waals surface area (Å²) in [7, 11) is 0. The molecule has 29 heavy (non-hydrogen) atoms. The highest BCUT2D eigenvalue weighted by Crippen LogP contribution is 2.29. The minimum Gasteiger partial charge on any atom is -0.360 e. The summed E-state index contributed by atoms with van der Waals surface area (Å²) in [5.74, 6) is 0.885. The predicted octanol–water partition coefficient (Wildman–Crippen LogP) is 4.20. The number of aromatic nitrogens is 5. The second kappa shape index (κ2) is 8.20. The Morgan fingerprint density at radius 2 is 2.10 bits per heavy atom. The molecule has 0 unspecified atom stereocenters. The van der Waals surface area contributed by atoms with E-state index in [1.54, 1.807) is 13.0 Å². The van der Waals surface area contributed by atoms with E-state index < -0.39 is 0 Å². The Morgan fingerprint density at radius 1 is 1.28 bits per heavy atom. The van der Waals surface area contributed by atoms with Crippen LogP contribution in [0.25, 0.3) is 22.1 Å². The number of thioether (sulfide) groups is 1. The lowest BCUT2D eigenvalue weighted by Gasteiger charge is -2.12. The minimum atomic E-state index is -0.366. The van der Waals surface area contributed by atoms with E-state index in [1.807, 2.05) is 25.1 Å². The molecule has 8 nitrogen and oxygen atoms in total. The van der Waals surface area contributed by atoms with Gasteiger partial charge in [-0.3, -0.25) is 4.79 Å². The molecule has 9 heteroatoms. The van der Waals surface area contributed by atoms with E-state index in [4.69, 9.17) is 9.51 Å². The van der Waals surface area contributed by atoms with Crippen LogP contribution in [-0.2, 0) is 11.3 Å². The van der Waals surface area contributed by atoms with Crippen LogP contribution in [0.15, 0.2) is 40.0 Å². The van der Waals surface area contributed by atoms with Gasteiger partial charge in [-0.1, -0.05) is 49.0 Å². The molecule has 1 atom stereocenters. The van der Waals surface area contributed by atoms with E-state index in [0.717, 1.165) is 35.0 Å². The second-order valence-electron chi connectivity index (χ2n) is 6.76. The molecule has 4 rings (SSSR count). The van der Waals surface area contributed by atoms with Gasteiger partial charge in [-0.2, -0.15) is 0 Å². The molecule has 1 aromatic carbocycles. The molecule has 0 radical (unpaired) electrons. The molecule has 1 amide bonds. The normalized spacial score (nSPS) is 12.5. The maximum absolute atomic E-state index is 12.6. The van der Waals surface area contributed by atoms with Crippen LogP contribution in [0.5, 0.6) is 0 Å². The SMILES string of the molecule is CCCn1c2ccccc2c2nnc(S[C@@H](CC)C(=O)Nc3cc(C)on3)nc21. The van der Waals surface area contributed by atoms with E-state index >= 15 is 0 Å². The zero-order valence-corrected chi connectivity index (χ0v) is 17.4. The molecule has 4 aromatic rings. The summed E-state index contributed by atoms with van der Waals surface area (Å²) >= 11 is 1.31. The molecule has 0 saturated heterocycles. The number of aryl methyl sites for hydroxylation is 2. The predicted molar refractivity (Wildman–Crippen MR) is 113 cm³/mol. The number of amides is 1. The Hall–Kier alpha value is -2.94. The molecule has 3 heterocycles. The molecule has 0 fully saturated rings. The number of hydrogen-bond acceptors (Lipinski definition) is 7. The van der Waals surface area contributed by atoms with Gasteiger partial charge in [0.2, 0.25) is 11.1 Å². The lowest BCUT2D eigenvalue weighted by atomic mass is 10.2. The van der Waals surface area contributed by atoms with Crippen molar-refractivity contribution in [2.75, 3.05) is 5.32 Å². The third-order valence-corrected chi connectivity index (χ3v) is 5.81. The number of fused-ring (bicyclic) bond motifs is 3. The van der Waals surface area contributed by atoms with Crippen LogP contribution < -0.4 is 5.32 Å². The maximum Gasteiger partial charge on any atom is 0.239 e. The first kappa shape index (κ1) is 19.4. The Bertz CT molecular complexity index is 1170. The average molecular weight is 411 g/mol. The number of para-hydroxylation sites is 1. The highest BCUT2D eigenvalue weighted by molar-refractivity contribution is 8.00. The summed E-state index contributed by atoms with van der Waals surface area (Å²) in [5, 5.41) is 16.5. The number of carbonyl (C=O) groups excluding carboxylic acids is 1. The van der Waals surface area contributed by atoms with Crippen molar-refractivity contribution < 1.29 is 9.32 Å². The Morgan fingerprint density at radius 3 is 2.83 bits per heavy atom. The fourth-order valence-electron chi connectivity index (χ4n) is 3.27. The molecular formula is C20H22N6O2S. The highest BCUT2D eigenvalue weighted by atomic mass is 32.2. The summed E-state index contributed by atoms with van der Waals surface area (Å²) < 4.78 is 7.17. The summed E-state index contributed by atoms with van der Waals surface area (Å²) in [4.78, 5) is 17.4. The summed E-state index contributed by atoms with van der Waals surface area (Å²) in [6.45, 7) is 6.70. The van der Waals surface area contributed by atoms with Crippen LogP contribution in [0.4, 0.5) is 5.82 Å². The minimum absolute atomic E-state index is 0.163. The van der Waals surface area contributed by atoms with Crippen LogP contribution in [0.3, 0.4) is 0 Å². The monoisotopic (exact) mass is 410 g/mol. The van der Waals surface area contributed by atoms with Crippen LogP contribution in [0.1, 0.15) is 32.4 Å². The van der Waals surface area contributed by atoms with Crippen molar-refractivity contribution in [2.24, 2.45) is 0 Å². The molecule has 0 aliphatic carbocycles. The van der Waals surface area contributed by atoms with Gasteiger partial charge in [0.05, 0.1) is 10.8 Å². The molecular weight excluding hydrogens is 388 g/mol. The van der Waals surface area contributed by atoms with Gasteiger partial charge in [-0.15, -0.1) is 10.2 Å². The smallest absolute Gasteiger partial charge is 0.239 e. The second-order valence-corrected chi connectivity index (χ2v) is 7.93. The van der Waals surface area contributed by atoms with E-state index in [1.165, 1.54) is 11.8 Å². The van der Waals surface area contributed by atoms with Crippen molar-refractivity contribution in [3.63, 3.8) is 0 Å². The Balaban J connectivity index is 1.63. The summed E-state index contributed by atoms with van der Waals surface area (Å²) in [6, 6.07) is 9.80. The quantitative estimate of drug-likeness (QED) is 0.456.